The molecule has 0 aromatic carbocycles. The van der Waals surface area contributed by atoms with Crippen LogP contribution in [-0.2, 0) is 10.0 Å². The zero-order valence-electron chi connectivity index (χ0n) is 8.44. The van der Waals surface area contributed by atoms with Gasteiger partial charge in [-0.25, -0.2) is 8.42 Å². The Kier molecular flexibility index (Phi) is 4.31. The van der Waals surface area contributed by atoms with E-state index in [4.69, 9.17) is 5.11 Å². The van der Waals surface area contributed by atoms with Gasteiger partial charge in [0.2, 0.25) is 10.0 Å². The monoisotopic (exact) mass is 222 g/mol. The van der Waals surface area contributed by atoms with E-state index in [9.17, 15) is 8.42 Å². The molecule has 0 aromatic rings. The molecular weight excluding hydrogens is 204 g/mol. The SMILES string of the molecule is CCCS(=O)(=O)N1CCNCC1CO. The number of hydrogen-bond donors (Lipinski definition) is 2. The van der Waals surface area contributed by atoms with E-state index >= 15 is 0 Å². The van der Waals surface area contributed by atoms with Crippen molar-refractivity contribution < 1.29 is 13.5 Å². The third-order valence-corrected chi connectivity index (χ3v) is 4.45. The van der Waals surface area contributed by atoms with Crippen molar-refractivity contribution in [2.24, 2.45) is 0 Å². The number of rotatable bonds is 4. The molecule has 0 bridgehead atoms. The Balaban J connectivity index is 2.72. The fourth-order valence-corrected chi connectivity index (χ4v) is 3.35. The van der Waals surface area contributed by atoms with Crippen LogP contribution in [0.5, 0.6) is 0 Å². The molecule has 0 radical (unpaired) electrons. The lowest BCUT2D eigenvalue weighted by molar-refractivity contribution is 0.165. The summed E-state index contributed by atoms with van der Waals surface area (Å²) in [5.74, 6) is 0.170. The minimum absolute atomic E-state index is 0.115. The van der Waals surface area contributed by atoms with Crippen LogP contribution in [0.4, 0.5) is 0 Å². The molecule has 1 unspecified atom stereocenters. The Morgan fingerprint density at radius 3 is 2.86 bits per heavy atom. The van der Waals surface area contributed by atoms with E-state index in [1.807, 2.05) is 6.92 Å². The van der Waals surface area contributed by atoms with E-state index in [1.165, 1.54) is 4.31 Å². The van der Waals surface area contributed by atoms with Crippen LogP contribution in [0.3, 0.4) is 0 Å². The Labute approximate surface area is 85.2 Å². The highest BCUT2D eigenvalue weighted by atomic mass is 32.2. The predicted octanol–water partition coefficient (Wildman–Crippen LogP) is -1.01. The minimum atomic E-state index is -3.16. The maximum Gasteiger partial charge on any atom is 0.214 e. The van der Waals surface area contributed by atoms with Crippen molar-refractivity contribution in [3.63, 3.8) is 0 Å². The van der Waals surface area contributed by atoms with Crippen LogP contribution < -0.4 is 5.32 Å². The summed E-state index contributed by atoms with van der Waals surface area (Å²) < 4.78 is 24.9. The average molecular weight is 222 g/mol. The molecule has 2 N–H and O–H groups in total. The van der Waals surface area contributed by atoms with Crippen molar-refractivity contribution in [3.8, 4) is 0 Å². The fourth-order valence-electron chi connectivity index (χ4n) is 1.64. The summed E-state index contributed by atoms with van der Waals surface area (Å²) in [5, 5.41) is 12.1. The number of piperazine rings is 1. The number of hydrogen-bond acceptors (Lipinski definition) is 4. The first-order valence-electron chi connectivity index (χ1n) is 4.93. The van der Waals surface area contributed by atoms with Crippen LogP contribution >= 0.6 is 0 Å². The van der Waals surface area contributed by atoms with Crippen LogP contribution in [0.2, 0.25) is 0 Å². The number of sulfonamides is 1. The molecule has 6 heteroatoms. The Hall–Kier alpha value is -0.170. The number of nitrogens with one attached hydrogen (secondary N) is 1. The molecule has 1 rings (SSSR count). The fraction of sp³-hybridized carbons (Fsp3) is 1.00. The van der Waals surface area contributed by atoms with E-state index in [0.717, 1.165) is 0 Å². The molecule has 1 atom stereocenters. The quantitative estimate of drug-likeness (QED) is 0.639. The summed E-state index contributed by atoms with van der Waals surface area (Å²) in [5.41, 5.74) is 0. The van der Waals surface area contributed by atoms with Gasteiger partial charge < -0.3 is 10.4 Å². The van der Waals surface area contributed by atoms with Gasteiger partial charge in [-0.2, -0.15) is 4.31 Å². The summed E-state index contributed by atoms with van der Waals surface area (Å²) in [6.07, 6.45) is 0.615. The summed E-state index contributed by atoms with van der Waals surface area (Å²) >= 11 is 0. The molecular formula is C8H18N2O3S. The molecule has 0 aromatic heterocycles. The second-order valence-corrected chi connectivity index (χ2v) is 5.51. The summed E-state index contributed by atoms with van der Waals surface area (Å²) in [7, 11) is -3.16. The molecule has 0 amide bonds. The van der Waals surface area contributed by atoms with Gasteiger partial charge in [0.25, 0.3) is 0 Å². The molecule has 0 saturated carbocycles. The summed E-state index contributed by atoms with van der Waals surface area (Å²) in [6, 6.07) is -0.291. The van der Waals surface area contributed by atoms with Gasteiger partial charge >= 0.3 is 0 Å². The van der Waals surface area contributed by atoms with Crippen LogP contribution in [-0.4, -0.2) is 55.9 Å². The first kappa shape index (κ1) is 11.9. The molecule has 1 aliphatic rings. The van der Waals surface area contributed by atoms with Crippen molar-refractivity contribution in [1.82, 2.24) is 9.62 Å². The van der Waals surface area contributed by atoms with Crippen LogP contribution in [0.25, 0.3) is 0 Å². The topological polar surface area (TPSA) is 69.6 Å². The van der Waals surface area contributed by atoms with E-state index in [1.54, 1.807) is 0 Å². The third-order valence-electron chi connectivity index (χ3n) is 2.33. The molecule has 1 heterocycles. The van der Waals surface area contributed by atoms with Crippen LogP contribution in [0.15, 0.2) is 0 Å². The smallest absolute Gasteiger partial charge is 0.214 e. The molecule has 1 aliphatic heterocycles. The first-order chi connectivity index (χ1) is 6.61. The zero-order valence-corrected chi connectivity index (χ0v) is 9.26. The van der Waals surface area contributed by atoms with Gasteiger partial charge in [0.1, 0.15) is 0 Å². The Morgan fingerprint density at radius 2 is 2.29 bits per heavy atom. The zero-order chi connectivity index (χ0) is 10.6. The van der Waals surface area contributed by atoms with E-state index in [0.29, 0.717) is 26.1 Å². The maximum atomic E-state index is 11.7. The highest BCUT2D eigenvalue weighted by Crippen LogP contribution is 2.10. The van der Waals surface area contributed by atoms with Gasteiger partial charge in [-0.3, -0.25) is 0 Å². The summed E-state index contributed by atoms with van der Waals surface area (Å²) in [6.45, 7) is 3.40. The maximum absolute atomic E-state index is 11.7. The van der Waals surface area contributed by atoms with Gasteiger partial charge in [0, 0.05) is 19.6 Å². The molecule has 1 fully saturated rings. The van der Waals surface area contributed by atoms with Gasteiger partial charge in [0.05, 0.1) is 18.4 Å². The van der Waals surface area contributed by atoms with Crippen molar-refractivity contribution in [1.29, 1.82) is 0 Å². The van der Waals surface area contributed by atoms with Gasteiger partial charge in [-0.05, 0) is 6.42 Å². The summed E-state index contributed by atoms with van der Waals surface area (Å²) in [4.78, 5) is 0. The standard InChI is InChI=1S/C8H18N2O3S/c1-2-5-14(12,13)10-4-3-9-6-8(10)7-11/h8-9,11H,2-7H2,1H3. The molecule has 14 heavy (non-hydrogen) atoms. The minimum Gasteiger partial charge on any atom is -0.395 e. The first-order valence-corrected chi connectivity index (χ1v) is 6.54. The highest BCUT2D eigenvalue weighted by Gasteiger charge is 2.30. The average Bonchev–Trinajstić information content (AvgIpc) is 2.18. The van der Waals surface area contributed by atoms with Gasteiger partial charge in [-0.15, -0.1) is 0 Å². The van der Waals surface area contributed by atoms with Crippen LogP contribution in [0, 0.1) is 0 Å². The second kappa shape index (κ2) is 5.06. The molecule has 5 nitrogen and oxygen atoms in total. The van der Waals surface area contributed by atoms with Crippen molar-refractivity contribution in [3.05, 3.63) is 0 Å². The largest absolute Gasteiger partial charge is 0.395 e. The van der Waals surface area contributed by atoms with Crippen molar-refractivity contribution in [2.45, 2.75) is 19.4 Å². The third kappa shape index (κ3) is 2.66. The molecule has 0 spiro atoms. The normalized spacial score (nSPS) is 25.1. The van der Waals surface area contributed by atoms with Gasteiger partial charge in [-0.1, -0.05) is 6.92 Å². The van der Waals surface area contributed by atoms with Crippen molar-refractivity contribution in [2.75, 3.05) is 32.0 Å². The number of aliphatic hydroxyl groups excluding tert-OH is 1. The van der Waals surface area contributed by atoms with Crippen molar-refractivity contribution >= 4 is 10.0 Å². The Morgan fingerprint density at radius 1 is 1.57 bits per heavy atom. The number of nitrogens with zero attached hydrogens (tertiary/aromatic N) is 1. The van der Waals surface area contributed by atoms with E-state index < -0.39 is 10.0 Å². The number of aliphatic hydroxyl groups is 1. The predicted molar refractivity (Wildman–Crippen MR) is 54.5 cm³/mol. The molecule has 1 saturated heterocycles. The second-order valence-electron chi connectivity index (χ2n) is 3.47. The molecule has 84 valence electrons. The Bertz CT molecular complexity index is 266. The lowest BCUT2D eigenvalue weighted by atomic mass is 10.2. The lowest BCUT2D eigenvalue weighted by Crippen LogP contribution is -2.55. The lowest BCUT2D eigenvalue weighted by Gasteiger charge is -2.33. The van der Waals surface area contributed by atoms with E-state index in [-0.39, 0.29) is 18.4 Å². The molecule has 0 aliphatic carbocycles. The van der Waals surface area contributed by atoms with Crippen LogP contribution in [0.1, 0.15) is 13.3 Å². The highest BCUT2D eigenvalue weighted by molar-refractivity contribution is 7.89. The van der Waals surface area contributed by atoms with E-state index in [2.05, 4.69) is 5.32 Å². The van der Waals surface area contributed by atoms with Gasteiger partial charge in [0.15, 0.2) is 0 Å².